The van der Waals surface area contributed by atoms with Gasteiger partial charge in [0.25, 0.3) is 0 Å². The lowest BCUT2D eigenvalue weighted by molar-refractivity contribution is -0.138. The third-order valence-electron chi connectivity index (χ3n) is 4.42. The summed E-state index contributed by atoms with van der Waals surface area (Å²) in [5.74, 6) is -1.31. The second-order valence-electron chi connectivity index (χ2n) is 6.71. The van der Waals surface area contributed by atoms with Gasteiger partial charge in [0.1, 0.15) is 11.5 Å². The lowest BCUT2D eigenvalue weighted by Gasteiger charge is -2.11. The fraction of sp³-hybridized carbons (Fsp3) is 0.200. The van der Waals surface area contributed by atoms with Crippen LogP contribution in [0.5, 0.6) is 0 Å². The first-order valence-corrected chi connectivity index (χ1v) is 11.1. The van der Waals surface area contributed by atoms with Gasteiger partial charge in [-0.2, -0.15) is 13.2 Å². The lowest BCUT2D eigenvalue weighted by atomic mass is 10.1. The van der Waals surface area contributed by atoms with Crippen LogP contribution in [-0.2, 0) is 29.2 Å². The molecule has 2 heterocycles. The number of benzene rings is 1. The molecule has 2 aromatic heterocycles. The number of nitrogens with one attached hydrogen (secondary N) is 1. The second kappa shape index (κ2) is 9.89. The van der Waals surface area contributed by atoms with Crippen LogP contribution < -0.4 is 4.72 Å². The highest BCUT2D eigenvalue weighted by Gasteiger charge is 2.33. The Morgan fingerprint density at radius 3 is 2.48 bits per heavy atom. The minimum atomic E-state index is -4.58. The van der Waals surface area contributed by atoms with Crippen LogP contribution in [0.3, 0.4) is 0 Å². The first-order valence-electron chi connectivity index (χ1n) is 9.27. The van der Waals surface area contributed by atoms with E-state index in [1.54, 1.807) is 0 Å². The van der Waals surface area contributed by atoms with Gasteiger partial charge in [-0.3, -0.25) is 14.8 Å². The fourth-order valence-corrected chi connectivity index (χ4v) is 4.01. The summed E-state index contributed by atoms with van der Waals surface area (Å²) < 4.78 is 79.1. The molecule has 0 bridgehead atoms. The van der Waals surface area contributed by atoms with E-state index in [0.29, 0.717) is 0 Å². The number of aromatic nitrogens is 3. The monoisotopic (exact) mass is 502 g/mol. The van der Waals surface area contributed by atoms with Crippen LogP contribution in [0.4, 0.5) is 17.6 Å². The number of hydrogen-bond donors (Lipinski definition) is 1. The summed E-state index contributed by atoms with van der Waals surface area (Å²) in [6.45, 7) is -0.276. The Bertz CT molecular complexity index is 1270. The van der Waals surface area contributed by atoms with Gasteiger partial charge in [-0.25, -0.2) is 22.5 Å². The molecule has 13 heteroatoms. The van der Waals surface area contributed by atoms with Crippen molar-refractivity contribution in [2.24, 2.45) is 0 Å². The average Bonchev–Trinajstić information content (AvgIpc) is 2.78. The van der Waals surface area contributed by atoms with Crippen molar-refractivity contribution in [3.63, 3.8) is 0 Å². The summed E-state index contributed by atoms with van der Waals surface area (Å²) in [4.78, 5) is 23.6. The highest BCUT2D eigenvalue weighted by atomic mass is 35.5. The largest absolute Gasteiger partial charge is 0.418 e. The quantitative estimate of drug-likeness (QED) is 0.369. The average molecular weight is 503 g/mol. The van der Waals surface area contributed by atoms with Gasteiger partial charge in [-0.1, -0.05) is 11.6 Å². The van der Waals surface area contributed by atoms with E-state index < -0.39 is 33.4 Å². The van der Waals surface area contributed by atoms with Crippen LogP contribution in [0.1, 0.15) is 33.9 Å². The van der Waals surface area contributed by atoms with E-state index in [0.717, 1.165) is 42.7 Å². The Morgan fingerprint density at radius 2 is 1.85 bits per heavy atom. The highest BCUT2D eigenvalue weighted by Crippen LogP contribution is 2.31. The molecule has 3 aromatic rings. The summed E-state index contributed by atoms with van der Waals surface area (Å²) in [5.41, 5.74) is -1.07. The van der Waals surface area contributed by atoms with Crippen LogP contribution >= 0.6 is 11.6 Å². The van der Waals surface area contributed by atoms with Crippen molar-refractivity contribution in [3.05, 3.63) is 82.4 Å². The molecule has 0 fully saturated rings. The molecule has 1 N–H and O–H groups in total. The number of pyridine rings is 1. The summed E-state index contributed by atoms with van der Waals surface area (Å²) in [7, 11) is -4.01. The summed E-state index contributed by atoms with van der Waals surface area (Å²) in [6.07, 6.45) is -1.62. The SMILES string of the molecule is O=C(CCc1ncccc1C(F)(F)F)c1cnc(CNS(=O)(=O)c2ccc(F)c(Cl)c2)cn1. The van der Waals surface area contributed by atoms with E-state index >= 15 is 0 Å². The molecule has 0 aliphatic rings. The first-order chi connectivity index (χ1) is 15.5. The van der Waals surface area contributed by atoms with Gasteiger partial charge in [0.2, 0.25) is 10.0 Å². The zero-order valence-corrected chi connectivity index (χ0v) is 18.2. The van der Waals surface area contributed by atoms with E-state index in [4.69, 9.17) is 11.6 Å². The molecule has 0 unspecified atom stereocenters. The molecule has 0 atom stereocenters. The van der Waals surface area contributed by atoms with Gasteiger partial charge in [-0.05, 0) is 36.8 Å². The van der Waals surface area contributed by atoms with Gasteiger partial charge in [0.15, 0.2) is 5.78 Å². The van der Waals surface area contributed by atoms with E-state index in [2.05, 4.69) is 19.7 Å². The topological polar surface area (TPSA) is 102 Å². The van der Waals surface area contributed by atoms with Crippen LogP contribution in [0.15, 0.2) is 53.8 Å². The number of rotatable bonds is 8. The molecule has 3 rings (SSSR count). The minimum absolute atomic E-state index is 0.0867. The normalized spacial score (nSPS) is 12.0. The molecule has 33 heavy (non-hydrogen) atoms. The molecule has 1 aromatic carbocycles. The van der Waals surface area contributed by atoms with Gasteiger partial charge >= 0.3 is 6.18 Å². The van der Waals surface area contributed by atoms with Crippen molar-refractivity contribution < 1.29 is 30.8 Å². The molecular formula is C20H15ClF4N4O3S. The van der Waals surface area contributed by atoms with Crippen LogP contribution in [-0.4, -0.2) is 29.2 Å². The van der Waals surface area contributed by atoms with Crippen molar-refractivity contribution in [1.29, 1.82) is 0 Å². The number of nitrogens with zero attached hydrogens (tertiary/aromatic N) is 3. The number of alkyl halides is 3. The van der Waals surface area contributed by atoms with E-state index in [1.165, 1.54) is 6.20 Å². The molecule has 0 saturated carbocycles. The molecule has 0 saturated heterocycles. The van der Waals surface area contributed by atoms with Crippen LogP contribution in [0.25, 0.3) is 0 Å². The van der Waals surface area contributed by atoms with Crippen molar-refractivity contribution in [2.75, 3.05) is 0 Å². The molecule has 0 spiro atoms. The predicted octanol–water partition coefficient (Wildman–Crippen LogP) is 3.98. The van der Waals surface area contributed by atoms with Gasteiger partial charge in [-0.15, -0.1) is 0 Å². The second-order valence-corrected chi connectivity index (χ2v) is 8.89. The standard InChI is InChI=1S/C20H15ClF4N4O3S/c21-15-8-13(3-4-16(15)22)33(31,32)29-10-12-9-28-18(11-27-12)19(30)6-5-17-14(20(23,24)25)2-1-7-26-17/h1-4,7-9,11,29H,5-6,10H2. The third kappa shape index (κ3) is 6.30. The molecule has 0 amide bonds. The van der Waals surface area contributed by atoms with E-state index in [1.807, 2.05) is 0 Å². The Labute approximate surface area is 190 Å². The smallest absolute Gasteiger partial charge is 0.292 e. The van der Waals surface area contributed by atoms with Crippen molar-refractivity contribution in [1.82, 2.24) is 19.7 Å². The molecule has 0 aliphatic carbocycles. The zero-order chi connectivity index (χ0) is 24.2. The van der Waals surface area contributed by atoms with Gasteiger partial charge < -0.3 is 0 Å². The summed E-state index contributed by atoms with van der Waals surface area (Å²) in [6, 6.07) is 4.97. The maximum atomic E-state index is 13.2. The number of aryl methyl sites for hydroxylation is 1. The number of Topliss-reactive ketones (excluding diaryl/α,β-unsaturated/α-hetero) is 1. The number of carbonyl (C=O) groups excluding carboxylic acids is 1. The van der Waals surface area contributed by atoms with Crippen molar-refractivity contribution in [2.45, 2.75) is 30.5 Å². The summed E-state index contributed by atoms with van der Waals surface area (Å²) >= 11 is 5.60. The Morgan fingerprint density at radius 1 is 1.09 bits per heavy atom. The fourth-order valence-electron chi connectivity index (χ4n) is 2.74. The number of halogens is 5. The Kier molecular flexibility index (Phi) is 7.40. The lowest BCUT2D eigenvalue weighted by Crippen LogP contribution is -2.24. The summed E-state index contributed by atoms with van der Waals surface area (Å²) in [5, 5.41) is -0.353. The maximum absolute atomic E-state index is 13.2. The first kappa shape index (κ1) is 24.7. The van der Waals surface area contributed by atoms with Crippen molar-refractivity contribution >= 4 is 27.4 Å². The highest BCUT2D eigenvalue weighted by molar-refractivity contribution is 7.89. The van der Waals surface area contributed by atoms with E-state index in [9.17, 15) is 30.8 Å². The Hall–Kier alpha value is -2.96. The van der Waals surface area contributed by atoms with Crippen molar-refractivity contribution in [3.8, 4) is 0 Å². The van der Waals surface area contributed by atoms with Gasteiger partial charge in [0, 0.05) is 12.6 Å². The molecule has 0 aliphatic heterocycles. The number of carbonyl (C=O) groups is 1. The van der Waals surface area contributed by atoms with Gasteiger partial charge in [0.05, 0.1) is 45.8 Å². The predicted molar refractivity (Wildman–Crippen MR) is 109 cm³/mol. The third-order valence-corrected chi connectivity index (χ3v) is 6.11. The van der Waals surface area contributed by atoms with Crippen LogP contribution in [0, 0.1) is 5.82 Å². The zero-order valence-electron chi connectivity index (χ0n) is 16.6. The molecule has 174 valence electrons. The number of hydrogen-bond acceptors (Lipinski definition) is 6. The Balaban J connectivity index is 1.61. The molecule has 0 radical (unpaired) electrons. The molecule has 7 nitrogen and oxygen atoms in total. The number of ketones is 1. The van der Waals surface area contributed by atoms with Crippen LogP contribution in [0.2, 0.25) is 5.02 Å². The molecular weight excluding hydrogens is 488 g/mol. The number of sulfonamides is 1. The maximum Gasteiger partial charge on any atom is 0.418 e. The van der Waals surface area contributed by atoms with E-state index in [-0.39, 0.29) is 46.4 Å². The minimum Gasteiger partial charge on any atom is -0.292 e.